The number of ether oxygens (including phenoxy) is 2. The van der Waals surface area contributed by atoms with Crippen LogP contribution in [0.15, 0.2) is 71.6 Å². The fourth-order valence-electron chi connectivity index (χ4n) is 2.83. The summed E-state index contributed by atoms with van der Waals surface area (Å²) in [6.45, 7) is 2.16. The molecule has 32 heavy (non-hydrogen) atoms. The van der Waals surface area contributed by atoms with Gasteiger partial charge in [-0.05, 0) is 49.4 Å². The molecule has 0 saturated heterocycles. The second kappa shape index (κ2) is 10.4. The maximum absolute atomic E-state index is 12.9. The van der Waals surface area contributed by atoms with Crippen LogP contribution in [0.3, 0.4) is 0 Å². The van der Waals surface area contributed by atoms with Crippen LogP contribution in [0.25, 0.3) is 0 Å². The molecular weight excluding hydrogens is 452 g/mol. The molecule has 9 heteroatoms. The van der Waals surface area contributed by atoms with Crippen LogP contribution in [0.1, 0.15) is 12.0 Å². The average molecular weight is 475 g/mol. The Bertz CT molecular complexity index is 1200. The summed E-state index contributed by atoms with van der Waals surface area (Å²) in [5.41, 5.74) is 1.66. The first-order chi connectivity index (χ1) is 15.3. The van der Waals surface area contributed by atoms with Crippen LogP contribution in [0.2, 0.25) is 5.02 Å². The molecule has 0 aliphatic carbocycles. The summed E-state index contributed by atoms with van der Waals surface area (Å²) >= 11 is 6.06. The highest BCUT2D eigenvalue weighted by atomic mass is 35.5. The first-order valence-electron chi connectivity index (χ1n) is 9.73. The van der Waals surface area contributed by atoms with Crippen molar-refractivity contribution in [2.75, 3.05) is 23.8 Å². The Morgan fingerprint density at radius 3 is 2.44 bits per heavy atom. The molecule has 1 amide bonds. The topological polar surface area (TPSA) is 93.7 Å². The molecular formula is C23H23ClN2O5S. The van der Waals surface area contributed by atoms with Gasteiger partial charge in [0.2, 0.25) is 5.91 Å². The normalized spacial score (nSPS) is 11.0. The van der Waals surface area contributed by atoms with Gasteiger partial charge in [0.05, 0.1) is 30.8 Å². The lowest BCUT2D eigenvalue weighted by Crippen LogP contribution is -2.17. The zero-order chi connectivity index (χ0) is 23.1. The van der Waals surface area contributed by atoms with Gasteiger partial charge in [-0.1, -0.05) is 41.4 Å². The van der Waals surface area contributed by atoms with E-state index in [2.05, 4.69) is 10.0 Å². The molecule has 0 atom stereocenters. The minimum absolute atomic E-state index is 0.0971. The van der Waals surface area contributed by atoms with Crippen LogP contribution >= 0.6 is 11.6 Å². The summed E-state index contributed by atoms with van der Waals surface area (Å²) in [5, 5.41) is 2.94. The molecule has 2 N–H and O–H groups in total. The number of rotatable bonds is 9. The van der Waals surface area contributed by atoms with Crippen LogP contribution in [-0.2, 0) is 14.8 Å². The highest BCUT2D eigenvalue weighted by molar-refractivity contribution is 7.92. The molecule has 0 unspecified atom stereocenters. The second-order valence-electron chi connectivity index (χ2n) is 6.91. The van der Waals surface area contributed by atoms with Gasteiger partial charge in [0.1, 0.15) is 16.4 Å². The third-order valence-corrected chi connectivity index (χ3v) is 6.19. The smallest absolute Gasteiger partial charge is 0.265 e. The SMILES string of the molecule is COc1ccc(NC(=O)CCOc2ccc(C)cc2)cc1S(=O)(=O)Nc1ccccc1Cl. The van der Waals surface area contributed by atoms with Gasteiger partial charge in [-0.2, -0.15) is 0 Å². The van der Waals surface area contributed by atoms with E-state index < -0.39 is 10.0 Å². The van der Waals surface area contributed by atoms with Crippen LogP contribution in [0, 0.1) is 6.92 Å². The number of hydrogen-bond acceptors (Lipinski definition) is 5. The van der Waals surface area contributed by atoms with E-state index in [0.717, 1.165) is 5.56 Å². The van der Waals surface area contributed by atoms with Crippen molar-refractivity contribution >= 4 is 38.9 Å². The van der Waals surface area contributed by atoms with Crippen molar-refractivity contribution in [3.05, 3.63) is 77.3 Å². The summed E-state index contributed by atoms with van der Waals surface area (Å²) in [7, 11) is -2.66. The number of sulfonamides is 1. The highest BCUT2D eigenvalue weighted by Crippen LogP contribution is 2.30. The maximum atomic E-state index is 12.9. The van der Waals surface area contributed by atoms with E-state index in [9.17, 15) is 13.2 Å². The van der Waals surface area contributed by atoms with E-state index >= 15 is 0 Å². The lowest BCUT2D eigenvalue weighted by Gasteiger charge is -2.14. The number of methoxy groups -OCH3 is 1. The third-order valence-electron chi connectivity index (χ3n) is 4.47. The van der Waals surface area contributed by atoms with Crippen molar-refractivity contribution in [1.29, 1.82) is 0 Å². The predicted octanol–water partition coefficient (Wildman–Crippen LogP) is 4.87. The van der Waals surface area contributed by atoms with Crippen molar-refractivity contribution < 1.29 is 22.7 Å². The molecule has 0 spiro atoms. The molecule has 0 radical (unpaired) electrons. The molecule has 168 valence electrons. The largest absolute Gasteiger partial charge is 0.495 e. The van der Waals surface area contributed by atoms with Crippen LogP contribution in [-0.4, -0.2) is 28.0 Å². The molecule has 3 aromatic carbocycles. The fourth-order valence-corrected chi connectivity index (χ4v) is 4.34. The van der Waals surface area contributed by atoms with Crippen molar-refractivity contribution in [3.8, 4) is 11.5 Å². The maximum Gasteiger partial charge on any atom is 0.265 e. The van der Waals surface area contributed by atoms with Gasteiger partial charge in [0.25, 0.3) is 10.0 Å². The van der Waals surface area contributed by atoms with Gasteiger partial charge in [-0.15, -0.1) is 0 Å². The van der Waals surface area contributed by atoms with E-state index in [1.165, 1.54) is 19.2 Å². The van der Waals surface area contributed by atoms with Gasteiger partial charge >= 0.3 is 0 Å². The van der Waals surface area contributed by atoms with Gasteiger partial charge in [-0.3, -0.25) is 9.52 Å². The molecule has 0 aromatic heterocycles. The van der Waals surface area contributed by atoms with Crippen molar-refractivity contribution in [3.63, 3.8) is 0 Å². The Labute approximate surface area is 192 Å². The first kappa shape index (κ1) is 23.4. The lowest BCUT2D eigenvalue weighted by molar-refractivity contribution is -0.116. The zero-order valence-corrected chi connectivity index (χ0v) is 19.2. The number of aryl methyl sites for hydroxylation is 1. The standard InChI is InChI=1S/C23H23ClN2O5S/c1-16-7-10-18(11-8-16)31-14-13-23(27)25-17-9-12-21(30-2)22(15-17)32(28,29)26-20-6-4-3-5-19(20)24/h3-12,15,26H,13-14H2,1-2H3,(H,25,27). The van der Waals surface area contributed by atoms with E-state index in [1.54, 1.807) is 30.3 Å². The number of amides is 1. The summed E-state index contributed by atoms with van der Waals surface area (Å²) in [5.74, 6) is 0.488. The molecule has 0 saturated carbocycles. The fraction of sp³-hybridized carbons (Fsp3) is 0.174. The molecule has 0 bridgehead atoms. The molecule has 0 aliphatic rings. The monoisotopic (exact) mass is 474 g/mol. The minimum atomic E-state index is -4.03. The summed E-state index contributed by atoms with van der Waals surface area (Å²) in [6, 6.07) is 18.4. The molecule has 7 nitrogen and oxygen atoms in total. The summed E-state index contributed by atoms with van der Waals surface area (Å²) < 4.78 is 39.1. The quantitative estimate of drug-likeness (QED) is 0.461. The van der Waals surface area contributed by atoms with E-state index in [-0.39, 0.29) is 40.3 Å². The zero-order valence-electron chi connectivity index (χ0n) is 17.6. The number of nitrogens with one attached hydrogen (secondary N) is 2. The van der Waals surface area contributed by atoms with Crippen molar-refractivity contribution in [2.45, 2.75) is 18.2 Å². The predicted molar refractivity (Wildman–Crippen MR) is 125 cm³/mol. The number of benzene rings is 3. The molecule has 0 fully saturated rings. The Hall–Kier alpha value is -3.23. The molecule has 3 rings (SSSR count). The number of carbonyl (C=O) groups is 1. The van der Waals surface area contributed by atoms with E-state index in [0.29, 0.717) is 11.4 Å². The first-order valence-corrected chi connectivity index (χ1v) is 11.6. The number of hydrogen-bond donors (Lipinski definition) is 2. The Kier molecular flexibility index (Phi) is 7.61. The van der Waals surface area contributed by atoms with E-state index in [1.807, 2.05) is 31.2 Å². The van der Waals surface area contributed by atoms with Crippen molar-refractivity contribution in [1.82, 2.24) is 0 Å². The Morgan fingerprint density at radius 1 is 1.03 bits per heavy atom. The van der Waals surface area contributed by atoms with Gasteiger partial charge in [-0.25, -0.2) is 8.42 Å². The Morgan fingerprint density at radius 2 is 1.75 bits per heavy atom. The van der Waals surface area contributed by atoms with Gasteiger partial charge in [0, 0.05) is 5.69 Å². The number of para-hydroxylation sites is 1. The molecule has 0 aliphatic heterocycles. The Balaban J connectivity index is 1.69. The minimum Gasteiger partial charge on any atom is -0.495 e. The summed E-state index contributed by atoms with van der Waals surface area (Å²) in [6.07, 6.45) is 0.0971. The lowest BCUT2D eigenvalue weighted by atomic mass is 10.2. The van der Waals surface area contributed by atoms with Crippen molar-refractivity contribution in [2.24, 2.45) is 0 Å². The summed E-state index contributed by atoms with van der Waals surface area (Å²) in [4.78, 5) is 12.2. The van der Waals surface area contributed by atoms with E-state index in [4.69, 9.17) is 21.1 Å². The van der Waals surface area contributed by atoms with Gasteiger partial charge in [0.15, 0.2) is 0 Å². The number of anilines is 2. The second-order valence-corrected chi connectivity index (χ2v) is 8.97. The highest BCUT2D eigenvalue weighted by Gasteiger charge is 2.22. The molecule has 0 heterocycles. The third kappa shape index (κ3) is 6.15. The average Bonchev–Trinajstić information content (AvgIpc) is 2.76. The number of carbonyl (C=O) groups excluding carboxylic acids is 1. The van der Waals surface area contributed by atoms with Crippen LogP contribution < -0.4 is 19.5 Å². The van der Waals surface area contributed by atoms with Crippen LogP contribution in [0.4, 0.5) is 11.4 Å². The molecule has 3 aromatic rings. The van der Waals surface area contributed by atoms with Gasteiger partial charge < -0.3 is 14.8 Å². The van der Waals surface area contributed by atoms with Crippen LogP contribution in [0.5, 0.6) is 11.5 Å². The number of halogens is 1.